The molecule has 2 heterocycles. The molecule has 1 fully saturated rings. The molecule has 0 radical (unpaired) electrons. The van der Waals surface area contributed by atoms with Crippen LogP contribution in [0.5, 0.6) is 0 Å². The van der Waals surface area contributed by atoms with Crippen molar-refractivity contribution in [1.82, 2.24) is 14.9 Å². The van der Waals surface area contributed by atoms with E-state index in [-0.39, 0.29) is 18.2 Å². The molecule has 0 spiro atoms. The first-order valence-corrected chi connectivity index (χ1v) is 8.25. The zero-order valence-corrected chi connectivity index (χ0v) is 14.0. The summed E-state index contributed by atoms with van der Waals surface area (Å²) in [4.78, 5) is 10.9. The van der Waals surface area contributed by atoms with E-state index in [9.17, 15) is 8.78 Å². The molecular weight excluding hydrogens is 310 g/mol. The Morgan fingerprint density at radius 3 is 2.75 bits per heavy atom. The number of nitrogens with zero attached hydrogens (tertiary/aromatic N) is 3. The standard InChI is InChI=1S/C18H22F2N4/c1-12-9-21-13(2)18(22-12)23-14-5-4-8-24(10-14)11-15-16(19)6-3-7-17(15)20/h3,6-7,9,14H,4-5,8,10-11H2,1-2H3,(H,22,23). The van der Waals surface area contributed by atoms with Crippen molar-refractivity contribution in [3.63, 3.8) is 0 Å². The molecule has 0 bridgehead atoms. The molecule has 0 aliphatic carbocycles. The van der Waals surface area contributed by atoms with Crippen LogP contribution in [-0.4, -0.2) is 34.0 Å². The van der Waals surface area contributed by atoms with Crippen LogP contribution in [0.1, 0.15) is 29.8 Å². The number of benzene rings is 1. The fourth-order valence-corrected chi connectivity index (χ4v) is 3.09. The van der Waals surface area contributed by atoms with Gasteiger partial charge in [0, 0.05) is 30.9 Å². The third-order valence-corrected chi connectivity index (χ3v) is 4.37. The monoisotopic (exact) mass is 332 g/mol. The Labute approximate surface area is 140 Å². The summed E-state index contributed by atoms with van der Waals surface area (Å²) in [5, 5.41) is 3.43. The van der Waals surface area contributed by atoms with Gasteiger partial charge in [0.2, 0.25) is 0 Å². The number of rotatable bonds is 4. The summed E-state index contributed by atoms with van der Waals surface area (Å²) in [5.74, 6) is -0.171. The van der Waals surface area contributed by atoms with Crippen molar-refractivity contribution in [2.24, 2.45) is 0 Å². The van der Waals surface area contributed by atoms with Crippen molar-refractivity contribution in [2.75, 3.05) is 18.4 Å². The maximum atomic E-state index is 13.8. The molecule has 3 rings (SSSR count). The second kappa shape index (κ2) is 7.21. The first-order valence-electron chi connectivity index (χ1n) is 8.25. The molecule has 1 saturated heterocycles. The highest BCUT2D eigenvalue weighted by Crippen LogP contribution is 2.20. The minimum atomic E-state index is -0.481. The first kappa shape index (κ1) is 16.8. The number of halogens is 2. The van der Waals surface area contributed by atoms with Gasteiger partial charge >= 0.3 is 0 Å². The molecule has 1 N–H and O–H groups in total. The number of aromatic nitrogens is 2. The SMILES string of the molecule is Cc1cnc(C)c(NC2CCCN(Cc3c(F)cccc3F)C2)n1. The Hall–Kier alpha value is -2.08. The van der Waals surface area contributed by atoms with Crippen LogP contribution in [0.2, 0.25) is 0 Å². The number of piperidine rings is 1. The molecule has 6 heteroatoms. The lowest BCUT2D eigenvalue weighted by Crippen LogP contribution is -2.42. The van der Waals surface area contributed by atoms with Gasteiger partial charge in [-0.25, -0.2) is 13.8 Å². The average molecular weight is 332 g/mol. The van der Waals surface area contributed by atoms with Crippen LogP contribution in [0.4, 0.5) is 14.6 Å². The maximum absolute atomic E-state index is 13.8. The van der Waals surface area contributed by atoms with E-state index in [4.69, 9.17) is 0 Å². The summed E-state index contributed by atoms with van der Waals surface area (Å²) in [6.45, 7) is 5.68. The van der Waals surface area contributed by atoms with E-state index in [0.717, 1.165) is 43.1 Å². The van der Waals surface area contributed by atoms with Crippen LogP contribution in [0.15, 0.2) is 24.4 Å². The minimum absolute atomic E-state index is 0.143. The third kappa shape index (κ3) is 3.87. The fourth-order valence-electron chi connectivity index (χ4n) is 3.09. The van der Waals surface area contributed by atoms with E-state index in [1.807, 2.05) is 13.8 Å². The highest BCUT2D eigenvalue weighted by molar-refractivity contribution is 5.40. The number of likely N-dealkylation sites (tertiary alicyclic amines) is 1. The molecule has 1 unspecified atom stereocenters. The molecule has 128 valence electrons. The van der Waals surface area contributed by atoms with Gasteiger partial charge in [-0.15, -0.1) is 0 Å². The van der Waals surface area contributed by atoms with E-state index < -0.39 is 11.6 Å². The van der Waals surface area contributed by atoms with Crippen LogP contribution < -0.4 is 5.32 Å². The molecular formula is C18H22F2N4. The minimum Gasteiger partial charge on any atom is -0.365 e. The quantitative estimate of drug-likeness (QED) is 0.931. The normalized spacial score (nSPS) is 18.6. The van der Waals surface area contributed by atoms with Crippen LogP contribution in [0.25, 0.3) is 0 Å². The van der Waals surface area contributed by atoms with Gasteiger partial charge in [-0.3, -0.25) is 9.88 Å². The largest absolute Gasteiger partial charge is 0.365 e. The summed E-state index contributed by atoms with van der Waals surface area (Å²) in [6.07, 6.45) is 3.73. The van der Waals surface area contributed by atoms with E-state index >= 15 is 0 Å². The number of aryl methyl sites for hydroxylation is 2. The van der Waals surface area contributed by atoms with E-state index in [2.05, 4.69) is 20.2 Å². The Bertz CT molecular complexity index is 700. The van der Waals surface area contributed by atoms with Crippen molar-refractivity contribution in [3.05, 3.63) is 53.0 Å². The summed E-state index contributed by atoms with van der Waals surface area (Å²) >= 11 is 0. The molecule has 1 atom stereocenters. The number of hydrogen-bond acceptors (Lipinski definition) is 4. The van der Waals surface area contributed by atoms with Gasteiger partial charge in [0.05, 0.1) is 11.4 Å². The summed E-state index contributed by atoms with van der Waals surface area (Å²) in [6, 6.07) is 4.21. The smallest absolute Gasteiger partial charge is 0.148 e. The molecule has 0 saturated carbocycles. The highest BCUT2D eigenvalue weighted by Gasteiger charge is 2.22. The summed E-state index contributed by atoms with van der Waals surface area (Å²) in [5.41, 5.74) is 1.87. The Morgan fingerprint density at radius 2 is 2.00 bits per heavy atom. The predicted octanol–water partition coefficient (Wildman–Crippen LogP) is 3.45. The molecule has 24 heavy (non-hydrogen) atoms. The zero-order chi connectivity index (χ0) is 17.1. The van der Waals surface area contributed by atoms with E-state index in [0.29, 0.717) is 0 Å². The highest BCUT2D eigenvalue weighted by atomic mass is 19.1. The summed E-state index contributed by atoms with van der Waals surface area (Å²) < 4.78 is 27.7. The molecule has 1 aromatic carbocycles. The van der Waals surface area contributed by atoms with Gasteiger partial charge in [0.1, 0.15) is 17.5 Å². The van der Waals surface area contributed by atoms with Crippen molar-refractivity contribution in [3.8, 4) is 0 Å². The van der Waals surface area contributed by atoms with Gasteiger partial charge in [0.15, 0.2) is 0 Å². The summed E-state index contributed by atoms with van der Waals surface area (Å²) in [7, 11) is 0. The van der Waals surface area contributed by atoms with Crippen molar-refractivity contribution in [2.45, 2.75) is 39.3 Å². The number of nitrogens with one attached hydrogen (secondary N) is 1. The van der Waals surface area contributed by atoms with Crippen LogP contribution in [-0.2, 0) is 6.54 Å². The van der Waals surface area contributed by atoms with Crippen molar-refractivity contribution in [1.29, 1.82) is 0 Å². The lowest BCUT2D eigenvalue weighted by atomic mass is 10.0. The lowest BCUT2D eigenvalue weighted by molar-refractivity contribution is 0.203. The molecule has 4 nitrogen and oxygen atoms in total. The first-order chi connectivity index (χ1) is 11.5. The molecule has 1 aliphatic rings. The van der Waals surface area contributed by atoms with Gasteiger partial charge < -0.3 is 5.32 Å². The number of anilines is 1. The van der Waals surface area contributed by atoms with Crippen LogP contribution in [0, 0.1) is 25.5 Å². The lowest BCUT2D eigenvalue weighted by Gasteiger charge is -2.33. The van der Waals surface area contributed by atoms with Crippen LogP contribution >= 0.6 is 0 Å². The van der Waals surface area contributed by atoms with Gasteiger partial charge in [-0.2, -0.15) is 0 Å². The van der Waals surface area contributed by atoms with Crippen molar-refractivity contribution < 1.29 is 8.78 Å². The Morgan fingerprint density at radius 1 is 1.25 bits per heavy atom. The van der Waals surface area contributed by atoms with Gasteiger partial charge in [0.25, 0.3) is 0 Å². The molecule has 1 aromatic heterocycles. The topological polar surface area (TPSA) is 41.1 Å². The molecule has 2 aromatic rings. The third-order valence-electron chi connectivity index (χ3n) is 4.37. The second-order valence-electron chi connectivity index (χ2n) is 6.36. The van der Waals surface area contributed by atoms with Gasteiger partial charge in [-0.1, -0.05) is 6.07 Å². The molecule has 0 amide bonds. The van der Waals surface area contributed by atoms with Crippen molar-refractivity contribution >= 4 is 5.82 Å². The van der Waals surface area contributed by atoms with E-state index in [1.165, 1.54) is 18.2 Å². The zero-order valence-electron chi connectivity index (χ0n) is 14.0. The molecule has 1 aliphatic heterocycles. The fraction of sp³-hybridized carbons (Fsp3) is 0.444. The maximum Gasteiger partial charge on any atom is 0.148 e. The number of hydrogen-bond donors (Lipinski definition) is 1. The van der Waals surface area contributed by atoms with E-state index in [1.54, 1.807) is 6.20 Å². The van der Waals surface area contributed by atoms with Crippen LogP contribution in [0.3, 0.4) is 0 Å². The van der Waals surface area contributed by atoms with Gasteiger partial charge in [-0.05, 0) is 45.4 Å². The predicted molar refractivity (Wildman–Crippen MR) is 89.8 cm³/mol. The Balaban J connectivity index is 1.67. The Kier molecular flexibility index (Phi) is 5.04. The average Bonchev–Trinajstić information content (AvgIpc) is 2.55. The second-order valence-corrected chi connectivity index (χ2v) is 6.36.